The maximum atomic E-state index is 12.7. The van der Waals surface area contributed by atoms with Gasteiger partial charge in [0.25, 0.3) is 0 Å². The van der Waals surface area contributed by atoms with Gasteiger partial charge in [-0.15, -0.1) is 11.8 Å². The van der Waals surface area contributed by atoms with Crippen molar-refractivity contribution in [1.82, 2.24) is 20.5 Å². The third-order valence-electron chi connectivity index (χ3n) is 2.79. The standard InChI is InChI=1S/C14H17FN4OS/c15-11-3-5-12(6-4-11)21-9-7-14(20)16-8-1-2-13-17-10-18-19-13/h3-6,10H,1-2,7-9H2,(H,16,20)(H,17,18,19). The van der Waals surface area contributed by atoms with Crippen LogP contribution >= 0.6 is 11.8 Å². The lowest BCUT2D eigenvalue weighted by Gasteiger charge is -2.04. The van der Waals surface area contributed by atoms with Gasteiger partial charge in [-0.05, 0) is 30.7 Å². The number of H-pyrrole nitrogens is 1. The Bertz CT molecular complexity index is 545. The number of aromatic amines is 1. The van der Waals surface area contributed by atoms with Gasteiger partial charge in [0.2, 0.25) is 5.91 Å². The molecular formula is C14H17FN4OS. The Balaban J connectivity index is 1.54. The lowest BCUT2D eigenvalue weighted by atomic mass is 10.3. The molecule has 7 heteroatoms. The number of aromatic nitrogens is 3. The second kappa shape index (κ2) is 8.41. The quantitative estimate of drug-likeness (QED) is 0.579. The van der Waals surface area contributed by atoms with Crippen LogP contribution in [-0.2, 0) is 11.2 Å². The average molecular weight is 308 g/mol. The molecule has 1 amide bonds. The molecule has 0 aliphatic carbocycles. The van der Waals surface area contributed by atoms with E-state index >= 15 is 0 Å². The lowest BCUT2D eigenvalue weighted by molar-refractivity contribution is -0.120. The van der Waals surface area contributed by atoms with Crippen LogP contribution in [0.25, 0.3) is 0 Å². The molecule has 2 rings (SSSR count). The van der Waals surface area contributed by atoms with Crippen molar-refractivity contribution in [3.05, 3.63) is 42.2 Å². The Kier molecular flexibility index (Phi) is 6.21. The largest absolute Gasteiger partial charge is 0.356 e. The normalized spacial score (nSPS) is 10.5. The molecule has 1 heterocycles. The first-order chi connectivity index (χ1) is 10.2. The zero-order chi connectivity index (χ0) is 14.9. The van der Waals surface area contributed by atoms with Crippen molar-refractivity contribution in [2.24, 2.45) is 0 Å². The molecule has 1 aromatic carbocycles. The predicted molar refractivity (Wildman–Crippen MR) is 79.5 cm³/mol. The predicted octanol–water partition coefficient (Wildman–Crippen LogP) is 2.17. The summed E-state index contributed by atoms with van der Waals surface area (Å²) in [5, 5.41) is 9.41. The fourth-order valence-electron chi connectivity index (χ4n) is 1.72. The number of halogens is 1. The van der Waals surface area contributed by atoms with Gasteiger partial charge in [-0.25, -0.2) is 9.37 Å². The molecule has 0 bridgehead atoms. The number of nitrogens with one attached hydrogen (secondary N) is 2. The van der Waals surface area contributed by atoms with E-state index in [-0.39, 0.29) is 11.7 Å². The summed E-state index contributed by atoms with van der Waals surface area (Å²) in [6.07, 6.45) is 3.52. The second-order valence-corrected chi connectivity index (χ2v) is 5.61. The van der Waals surface area contributed by atoms with Crippen LogP contribution < -0.4 is 5.32 Å². The van der Waals surface area contributed by atoms with Crippen LogP contribution in [0.4, 0.5) is 4.39 Å². The molecule has 0 saturated carbocycles. The van der Waals surface area contributed by atoms with Crippen molar-refractivity contribution in [3.8, 4) is 0 Å². The first-order valence-electron chi connectivity index (χ1n) is 6.73. The number of benzene rings is 1. The summed E-state index contributed by atoms with van der Waals surface area (Å²) in [4.78, 5) is 16.6. The maximum absolute atomic E-state index is 12.7. The third kappa shape index (κ3) is 5.95. The average Bonchev–Trinajstić information content (AvgIpc) is 2.99. The van der Waals surface area contributed by atoms with E-state index in [1.54, 1.807) is 23.9 Å². The lowest BCUT2D eigenvalue weighted by Crippen LogP contribution is -2.25. The van der Waals surface area contributed by atoms with Crippen molar-refractivity contribution in [1.29, 1.82) is 0 Å². The first-order valence-corrected chi connectivity index (χ1v) is 7.72. The van der Waals surface area contributed by atoms with Crippen LogP contribution in [0.1, 0.15) is 18.7 Å². The number of hydrogen-bond donors (Lipinski definition) is 2. The summed E-state index contributed by atoms with van der Waals surface area (Å²) in [5.74, 6) is 1.29. The van der Waals surface area contributed by atoms with Gasteiger partial charge in [-0.1, -0.05) is 0 Å². The molecule has 21 heavy (non-hydrogen) atoms. The summed E-state index contributed by atoms with van der Waals surface area (Å²) in [7, 11) is 0. The number of thioether (sulfide) groups is 1. The van der Waals surface area contributed by atoms with Gasteiger partial charge in [0.05, 0.1) is 0 Å². The van der Waals surface area contributed by atoms with E-state index in [0.717, 1.165) is 23.6 Å². The molecule has 2 aromatic rings. The topological polar surface area (TPSA) is 70.7 Å². The highest BCUT2D eigenvalue weighted by molar-refractivity contribution is 7.99. The molecule has 0 atom stereocenters. The van der Waals surface area contributed by atoms with Crippen LogP contribution in [0.15, 0.2) is 35.5 Å². The van der Waals surface area contributed by atoms with Crippen LogP contribution in [-0.4, -0.2) is 33.4 Å². The van der Waals surface area contributed by atoms with Gasteiger partial charge < -0.3 is 5.32 Å². The number of nitrogens with zero attached hydrogens (tertiary/aromatic N) is 2. The summed E-state index contributed by atoms with van der Waals surface area (Å²) in [6.45, 7) is 0.626. The third-order valence-corrected chi connectivity index (χ3v) is 3.80. The van der Waals surface area contributed by atoms with Crippen molar-refractivity contribution >= 4 is 17.7 Å². The molecule has 0 fully saturated rings. The molecule has 1 aromatic heterocycles. The highest BCUT2D eigenvalue weighted by Crippen LogP contribution is 2.18. The Hall–Kier alpha value is -1.89. The molecule has 0 unspecified atom stereocenters. The Morgan fingerprint density at radius 1 is 1.33 bits per heavy atom. The molecule has 5 nitrogen and oxygen atoms in total. The number of carbonyl (C=O) groups is 1. The van der Waals surface area contributed by atoms with E-state index in [1.807, 2.05) is 0 Å². The molecular weight excluding hydrogens is 291 g/mol. The molecule has 0 radical (unpaired) electrons. The number of rotatable bonds is 8. The Morgan fingerprint density at radius 3 is 2.86 bits per heavy atom. The minimum atomic E-state index is -0.246. The Labute approximate surface area is 126 Å². The minimum Gasteiger partial charge on any atom is -0.356 e. The summed E-state index contributed by atoms with van der Waals surface area (Å²) in [5.41, 5.74) is 0. The fraction of sp³-hybridized carbons (Fsp3) is 0.357. The van der Waals surface area contributed by atoms with E-state index in [0.29, 0.717) is 18.7 Å². The van der Waals surface area contributed by atoms with Gasteiger partial charge in [-0.3, -0.25) is 9.89 Å². The zero-order valence-electron chi connectivity index (χ0n) is 11.5. The molecule has 0 aliphatic rings. The van der Waals surface area contributed by atoms with Gasteiger partial charge >= 0.3 is 0 Å². The van der Waals surface area contributed by atoms with Crippen molar-refractivity contribution in [2.75, 3.05) is 12.3 Å². The van der Waals surface area contributed by atoms with E-state index in [2.05, 4.69) is 20.5 Å². The first kappa shape index (κ1) is 15.5. The van der Waals surface area contributed by atoms with Gasteiger partial charge in [0.15, 0.2) is 0 Å². The smallest absolute Gasteiger partial charge is 0.220 e. The molecule has 0 aliphatic heterocycles. The van der Waals surface area contributed by atoms with Crippen molar-refractivity contribution in [3.63, 3.8) is 0 Å². The van der Waals surface area contributed by atoms with Crippen LogP contribution in [0.2, 0.25) is 0 Å². The number of carbonyl (C=O) groups excluding carboxylic acids is 1. The second-order valence-electron chi connectivity index (χ2n) is 4.44. The van der Waals surface area contributed by atoms with Crippen molar-refractivity contribution in [2.45, 2.75) is 24.2 Å². The number of aryl methyl sites for hydroxylation is 1. The molecule has 112 valence electrons. The highest BCUT2D eigenvalue weighted by Gasteiger charge is 2.02. The number of hydrogen-bond acceptors (Lipinski definition) is 4. The van der Waals surface area contributed by atoms with Crippen molar-refractivity contribution < 1.29 is 9.18 Å². The van der Waals surface area contributed by atoms with Crippen LogP contribution in [0.5, 0.6) is 0 Å². The molecule has 2 N–H and O–H groups in total. The fourth-order valence-corrected chi connectivity index (χ4v) is 2.57. The van der Waals surface area contributed by atoms with E-state index in [1.165, 1.54) is 18.5 Å². The van der Waals surface area contributed by atoms with Crippen LogP contribution in [0, 0.1) is 5.82 Å². The molecule has 0 spiro atoms. The number of amides is 1. The monoisotopic (exact) mass is 308 g/mol. The zero-order valence-corrected chi connectivity index (χ0v) is 12.3. The maximum Gasteiger partial charge on any atom is 0.220 e. The molecule has 0 saturated heterocycles. The summed E-state index contributed by atoms with van der Waals surface area (Å²) < 4.78 is 12.7. The highest BCUT2D eigenvalue weighted by atomic mass is 32.2. The Morgan fingerprint density at radius 2 is 2.14 bits per heavy atom. The SMILES string of the molecule is O=C(CCSc1ccc(F)cc1)NCCCc1ncn[nH]1. The van der Waals surface area contributed by atoms with E-state index in [9.17, 15) is 9.18 Å². The van der Waals surface area contributed by atoms with Gasteiger partial charge in [-0.2, -0.15) is 5.10 Å². The van der Waals surface area contributed by atoms with E-state index < -0.39 is 0 Å². The van der Waals surface area contributed by atoms with Crippen LogP contribution in [0.3, 0.4) is 0 Å². The summed E-state index contributed by atoms with van der Waals surface area (Å²) >= 11 is 1.54. The minimum absolute atomic E-state index is 0.0298. The van der Waals surface area contributed by atoms with Gasteiger partial charge in [0, 0.05) is 30.0 Å². The summed E-state index contributed by atoms with van der Waals surface area (Å²) in [6, 6.07) is 6.28. The van der Waals surface area contributed by atoms with Gasteiger partial charge in [0.1, 0.15) is 18.0 Å². The van der Waals surface area contributed by atoms with E-state index in [4.69, 9.17) is 0 Å².